The quantitative estimate of drug-likeness (QED) is 0.627. The van der Waals surface area contributed by atoms with Gasteiger partial charge in [0, 0.05) is 10.5 Å². The first-order chi connectivity index (χ1) is 9.06. The lowest BCUT2D eigenvalue weighted by Gasteiger charge is -2.11. The zero-order valence-electron chi connectivity index (χ0n) is 10.3. The van der Waals surface area contributed by atoms with Gasteiger partial charge < -0.3 is 15.2 Å². The molecule has 0 radical (unpaired) electrons. The number of esters is 1. The van der Waals surface area contributed by atoms with Crippen molar-refractivity contribution in [2.75, 3.05) is 13.7 Å². The van der Waals surface area contributed by atoms with Crippen LogP contribution >= 0.6 is 15.9 Å². The molecule has 0 bridgehead atoms. The fourth-order valence-electron chi connectivity index (χ4n) is 1.29. The molecule has 0 fully saturated rings. The van der Waals surface area contributed by atoms with E-state index in [1.165, 1.54) is 13.2 Å². The van der Waals surface area contributed by atoms with Crippen molar-refractivity contribution in [3.63, 3.8) is 0 Å². The molecule has 1 atom stereocenters. The van der Waals surface area contributed by atoms with Crippen LogP contribution < -0.4 is 5.32 Å². The van der Waals surface area contributed by atoms with Crippen molar-refractivity contribution in [1.29, 1.82) is 0 Å². The van der Waals surface area contributed by atoms with E-state index in [1.807, 2.05) is 24.3 Å². The van der Waals surface area contributed by atoms with Gasteiger partial charge in [-0.1, -0.05) is 28.1 Å². The summed E-state index contributed by atoms with van der Waals surface area (Å²) in [6, 6.07) is 6.31. The number of aliphatic hydroxyl groups is 1. The fourth-order valence-corrected chi connectivity index (χ4v) is 1.55. The van der Waals surface area contributed by atoms with Crippen LogP contribution in [0, 0.1) is 0 Å². The van der Waals surface area contributed by atoms with Crippen LogP contribution in [0.15, 0.2) is 34.8 Å². The van der Waals surface area contributed by atoms with Gasteiger partial charge >= 0.3 is 5.97 Å². The first-order valence-electron chi connectivity index (χ1n) is 5.49. The lowest BCUT2D eigenvalue weighted by atomic mass is 10.2. The highest BCUT2D eigenvalue weighted by atomic mass is 79.9. The Morgan fingerprint density at radius 3 is 2.58 bits per heavy atom. The number of halogens is 1. The molecule has 0 heterocycles. The molecule has 0 unspecified atom stereocenters. The first kappa shape index (κ1) is 15.4. The number of carbonyl (C=O) groups excluding carboxylic acids is 2. The molecule has 19 heavy (non-hydrogen) atoms. The third-order valence-electron chi connectivity index (χ3n) is 2.28. The molecule has 0 aliphatic rings. The van der Waals surface area contributed by atoms with Crippen molar-refractivity contribution in [2.24, 2.45) is 0 Å². The monoisotopic (exact) mass is 327 g/mol. The van der Waals surface area contributed by atoms with Crippen LogP contribution in [0.3, 0.4) is 0 Å². The number of hydrogen-bond donors (Lipinski definition) is 2. The topological polar surface area (TPSA) is 75.6 Å². The highest BCUT2D eigenvalue weighted by molar-refractivity contribution is 9.10. The van der Waals surface area contributed by atoms with Gasteiger partial charge in [-0.15, -0.1) is 0 Å². The van der Waals surface area contributed by atoms with Crippen LogP contribution in [0.25, 0.3) is 6.08 Å². The summed E-state index contributed by atoms with van der Waals surface area (Å²) < 4.78 is 5.38. The lowest BCUT2D eigenvalue weighted by Crippen LogP contribution is -2.43. The average Bonchev–Trinajstić information content (AvgIpc) is 2.43. The third-order valence-corrected chi connectivity index (χ3v) is 2.81. The summed E-state index contributed by atoms with van der Waals surface area (Å²) in [6.45, 7) is -0.509. The van der Waals surface area contributed by atoms with E-state index in [2.05, 4.69) is 26.0 Å². The molecule has 0 saturated heterocycles. The number of benzene rings is 1. The molecule has 1 amide bonds. The summed E-state index contributed by atoms with van der Waals surface area (Å²) in [6.07, 6.45) is 2.89. The van der Waals surface area contributed by atoms with Crippen LogP contribution in [0.2, 0.25) is 0 Å². The molecule has 0 aliphatic carbocycles. The van der Waals surface area contributed by atoms with E-state index < -0.39 is 24.5 Å². The van der Waals surface area contributed by atoms with Crippen molar-refractivity contribution in [2.45, 2.75) is 6.04 Å². The number of nitrogens with one attached hydrogen (secondary N) is 1. The summed E-state index contributed by atoms with van der Waals surface area (Å²) in [4.78, 5) is 22.7. The Morgan fingerprint density at radius 2 is 2.05 bits per heavy atom. The highest BCUT2D eigenvalue weighted by Crippen LogP contribution is 2.11. The largest absolute Gasteiger partial charge is 0.467 e. The maximum absolute atomic E-state index is 11.5. The summed E-state index contributed by atoms with van der Waals surface area (Å²) in [5, 5.41) is 11.3. The van der Waals surface area contributed by atoms with E-state index in [1.54, 1.807) is 6.08 Å². The number of hydrogen-bond acceptors (Lipinski definition) is 4. The molecule has 1 aromatic carbocycles. The predicted octanol–water partition coefficient (Wildman–Crippen LogP) is 1.11. The molecule has 102 valence electrons. The van der Waals surface area contributed by atoms with Gasteiger partial charge in [-0.2, -0.15) is 0 Å². The van der Waals surface area contributed by atoms with Gasteiger partial charge in [0.25, 0.3) is 0 Å². The zero-order chi connectivity index (χ0) is 14.3. The molecule has 0 spiro atoms. The molecule has 1 aromatic rings. The Balaban J connectivity index is 2.59. The first-order valence-corrected chi connectivity index (χ1v) is 6.29. The zero-order valence-corrected chi connectivity index (χ0v) is 11.9. The van der Waals surface area contributed by atoms with Crippen molar-refractivity contribution >= 4 is 33.9 Å². The minimum absolute atomic E-state index is 0.479. The molecular weight excluding hydrogens is 314 g/mol. The van der Waals surface area contributed by atoms with E-state index in [-0.39, 0.29) is 0 Å². The number of aliphatic hydroxyl groups excluding tert-OH is 1. The van der Waals surface area contributed by atoms with E-state index in [0.717, 1.165) is 10.0 Å². The number of amides is 1. The summed E-state index contributed by atoms with van der Waals surface area (Å²) in [5.74, 6) is -1.17. The second-order valence-corrected chi connectivity index (χ2v) is 4.57. The number of rotatable bonds is 5. The van der Waals surface area contributed by atoms with Crippen LogP contribution in [0.1, 0.15) is 5.56 Å². The molecule has 0 aliphatic heterocycles. The molecule has 1 rings (SSSR count). The molecular formula is C13H14BrNO4. The van der Waals surface area contributed by atoms with Gasteiger partial charge in [0.15, 0.2) is 6.04 Å². The van der Waals surface area contributed by atoms with Crippen LogP contribution in [-0.2, 0) is 14.3 Å². The summed E-state index contributed by atoms with van der Waals surface area (Å²) in [7, 11) is 1.19. The average molecular weight is 328 g/mol. The fraction of sp³-hybridized carbons (Fsp3) is 0.231. The van der Waals surface area contributed by atoms with Crippen molar-refractivity contribution in [3.05, 3.63) is 40.4 Å². The number of methoxy groups -OCH3 is 1. The van der Waals surface area contributed by atoms with Gasteiger partial charge in [-0.05, 0) is 23.8 Å². The minimum atomic E-state index is -1.05. The summed E-state index contributed by atoms with van der Waals surface area (Å²) >= 11 is 3.31. The highest BCUT2D eigenvalue weighted by Gasteiger charge is 2.18. The van der Waals surface area contributed by atoms with Crippen LogP contribution in [0.4, 0.5) is 0 Å². The second-order valence-electron chi connectivity index (χ2n) is 3.65. The SMILES string of the molecule is COC(=O)[C@@H](CO)NC(=O)/C=C/c1ccc(Br)cc1. The molecule has 0 saturated carbocycles. The van der Waals surface area contributed by atoms with E-state index in [0.29, 0.717) is 0 Å². The van der Waals surface area contributed by atoms with Crippen LogP contribution in [0.5, 0.6) is 0 Å². The second kappa shape index (κ2) is 7.70. The standard InChI is InChI=1S/C13H14BrNO4/c1-19-13(18)11(8-16)15-12(17)7-4-9-2-5-10(14)6-3-9/h2-7,11,16H,8H2,1H3,(H,15,17)/b7-4+/t11-/m1/s1. The van der Waals surface area contributed by atoms with Crippen LogP contribution in [-0.4, -0.2) is 36.7 Å². The Bertz CT molecular complexity index is 470. The number of carbonyl (C=O) groups is 2. The van der Waals surface area contributed by atoms with Gasteiger partial charge in [-0.3, -0.25) is 4.79 Å². The Hall–Kier alpha value is -1.66. The Labute approximate surface area is 119 Å². The maximum atomic E-state index is 11.5. The Kier molecular flexibility index (Phi) is 6.24. The van der Waals surface area contributed by atoms with Crippen molar-refractivity contribution in [1.82, 2.24) is 5.32 Å². The third kappa shape index (κ3) is 5.23. The molecule has 5 nitrogen and oxygen atoms in total. The number of ether oxygens (including phenoxy) is 1. The summed E-state index contributed by atoms with van der Waals surface area (Å²) in [5.41, 5.74) is 0.844. The van der Waals surface area contributed by atoms with Gasteiger partial charge in [0.2, 0.25) is 5.91 Å². The van der Waals surface area contributed by atoms with Crippen molar-refractivity contribution in [3.8, 4) is 0 Å². The minimum Gasteiger partial charge on any atom is -0.467 e. The van der Waals surface area contributed by atoms with Crippen molar-refractivity contribution < 1.29 is 19.4 Å². The van der Waals surface area contributed by atoms with Gasteiger partial charge in [-0.25, -0.2) is 4.79 Å². The lowest BCUT2D eigenvalue weighted by molar-refractivity contribution is -0.145. The van der Waals surface area contributed by atoms with Gasteiger partial charge in [0.05, 0.1) is 13.7 Å². The van der Waals surface area contributed by atoms with E-state index >= 15 is 0 Å². The normalized spacial score (nSPS) is 12.2. The maximum Gasteiger partial charge on any atom is 0.330 e. The molecule has 6 heteroatoms. The van der Waals surface area contributed by atoms with Gasteiger partial charge in [0.1, 0.15) is 0 Å². The smallest absolute Gasteiger partial charge is 0.330 e. The molecule has 2 N–H and O–H groups in total. The molecule has 0 aromatic heterocycles. The van der Waals surface area contributed by atoms with E-state index in [9.17, 15) is 9.59 Å². The Morgan fingerprint density at radius 1 is 1.42 bits per heavy atom. The van der Waals surface area contributed by atoms with E-state index in [4.69, 9.17) is 5.11 Å². The predicted molar refractivity (Wildman–Crippen MR) is 74.2 cm³/mol.